The molecule has 1 amide bonds. The van der Waals surface area contributed by atoms with E-state index in [-0.39, 0.29) is 11.9 Å². The second-order valence-electron chi connectivity index (χ2n) is 8.25. The highest BCUT2D eigenvalue weighted by Gasteiger charge is 2.35. The van der Waals surface area contributed by atoms with E-state index in [2.05, 4.69) is 13.8 Å². The molecular weight excluding hydrogens is 462 g/mol. The van der Waals surface area contributed by atoms with E-state index in [1.807, 2.05) is 78.5 Å². The zero-order valence-electron chi connectivity index (χ0n) is 19.7. The van der Waals surface area contributed by atoms with Gasteiger partial charge < -0.3 is 4.74 Å². The van der Waals surface area contributed by atoms with E-state index < -0.39 is 0 Å². The van der Waals surface area contributed by atoms with Gasteiger partial charge in [-0.1, -0.05) is 62.4 Å². The predicted octanol–water partition coefficient (Wildman–Crippen LogP) is 6.72. The Hall–Kier alpha value is -2.90. The molecule has 1 atom stereocenters. The SMILES string of the molecule is CCCCOc1ccc(-c2nn(-c3ccccc3)cc2C=C2SC(=S)N(C(C)CC)C2=O)cc1. The first-order chi connectivity index (χ1) is 16.5. The minimum absolute atomic E-state index is 0.0394. The third-order valence-corrected chi connectivity index (χ3v) is 7.13. The fourth-order valence-corrected chi connectivity index (χ4v) is 5.11. The Kier molecular flexibility index (Phi) is 7.85. The summed E-state index contributed by atoms with van der Waals surface area (Å²) in [5.41, 5.74) is 3.59. The summed E-state index contributed by atoms with van der Waals surface area (Å²) in [6, 6.07) is 18.0. The maximum absolute atomic E-state index is 13.1. The van der Waals surface area contributed by atoms with Crippen molar-refractivity contribution in [1.29, 1.82) is 0 Å². The Bertz CT molecular complexity index is 1190. The van der Waals surface area contributed by atoms with Crippen molar-refractivity contribution in [3.8, 4) is 22.7 Å². The Labute approximate surface area is 210 Å². The zero-order valence-corrected chi connectivity index (χ0v) is 21.4. The molecule has 2 heterocycles. The highest BCUT2D eigenvalue weighted by molar-refractivity contribution is 8.26. The van der Waals surface area contributed by atoms with Crippen LogP contribution in [0.15, 0.2) is 65.7 Å². The molecule has 0 spiro atoms. The lowest BCUT2D eigenvalue weighted by Gasteiger charge is -2.21. The first-order valence-corrected chi connectivity index (χ1v) is 12.9. The first kappa shape index (κ1) is 24.2. The van der Waals surface area contributed by atoms with Gasteiger partial charge in [0.15, 0.2) is 0 Å². The number of aromatic nitrogens is 2. The van der Waals surface area contributed by atoms with Crippen molar-refractivity contribution in [2.45, 2.75) is 46.1 Å². The molecule has 4 rings (SSSR count). The van der Waals surface area contributed by atoms with Gasteiger partial charge in [-0.2, -0.15) is 5.10 Å². The molecule has 5 nitrogen and oxygen atoms in total. The van der Waals surface area contributed by atoms with Crippen LogP contribution in [-0.4, -0.2) is 37.6 Å². The van der Waals surface area contributed by atoms with Crippen molar-refractivity contribution >= 4 is 40.3 Å². The fraction of sp³-hybridized carbons (Fsp3) is 0.296. The normalized spacial score (nSPS) is 15.9. The van der Waals surface area contributed by atoms with E-state index in [4.69, 9.17) is 22.1 Å². The third-order valence-electron chi connectivity index (χ3n) is 5.80. The van der Waals surface area contributed by atoms with Crippen LogP contribution in [0.2, 0.25) is 0 Å². The molecule has 2 aromatic carbocycles. The molecule has 0 N–H and O–H groups in total. The summed E-state index contributed by atoms with van der Waals surface area (Å²) in [5, 5.41) is 4.88. The van der Waals surface area contributed by atoms with Crippen LogP contribution in [0.25, 0.3) is 23.0 Å². The molecule has 1 unspecified atom stereocenters. The molecule has 1 aromatic heterocycles. The Morgan fingerprint density at radius 3 is 2.53 bits per heavy atom. The summed E-state index contributed by atoms with van der Waals surface area (Å²) in [6.45, 7) is 6.94. The third kappa shape index (κ3) is 5.26. The summed E-state index contributed by atoms with van der Waals surface area (Å²) < 4.78 is 8.27. The number of para-hydroxylation sites is 1. The lowest BCUT2D eigenvalue weighted by Crippen LogP contribution is -2.36. The lowest BCUT2D eigenvalue weighted by atomic mass is 10.1. The summed E-state index contributed by atoms with van der Waals surface area (Å²) in [6.07, 6.45) is 6.86. The second-order valence-corrected chi connectivity index (χ2v) is 9.92. The van der Waals surface area contributed by atoms with Crippen molar-refractivity contribution in [3.63, 3.8) is 0 Å². The number of carbonyl (C=O) groups excluding carboxylic acids is 1. The Morgan fingerprint density at radius 1 is 1.12 bits per heavy atom. The number of benzene rings is 2. The van der Waals surface area contributed by atoms with Crippen molar-refractivity contribution < 1.29 is 9.53 Å². The minimum atomic E-state index is -0.0394. The van der Waals surface area contributed by atoms with E-state index in [0.717, 1.165) is 47.5 Å². The maximum Gasteiger partial charge on any atom is 0.266 e. The molecule has 0 saturated carbocycles. The smallest absolute Gasteiger partial charge is 0.266 e. The van der Waals surface area contributed by atoms with E-state index in [0.29, 0.717) is 15.8 Å². The molecular formula is C27H29N3O2S2. The number of amides is 1. The van der Waals surface area contributed by atoms with Crippen molar-refractivity contribution in [2.75, 3.05) is 6.61 Å². The molecule has 1 saturated heterocycles. The number of thioether (sulfide) groups is 1. The van der Waals surface area contributed by atoms with E-state index >= 15 is 0 Å². The summed E-state index contributed by atoms with van der Waals surface area (Å²) in [4.78, 5) is 15.5. The fourth-order valence-electron chi connectivity index (χ4n) is 3.66. The van der Waals surface area contributed by atoms with Gasteiger partial charge in [0.1, 0.15) is 10.1 Å². The number of thiocarbonyl (C=S) groups is 1. The van der Waals surface area contributed by atoms with Crippen LogP contribution >= 0.6 is 24.0 Å². The number of hydrogen-bond acceptors (Lipinski definition) is 5. The van der Waals surface area contributed by atoms with Crippen LogP contribution in [0.3, 0.4) is 0 Å². The van der Waals surface area contributed by atoms with Crippen LogP contribution < -0.4 is 4.74 Å². The van der Waals surface area contributed by atoms with Crippen LogP contribution in [-0.2, 0) is 4.79 Å². The monoisotopic (exact) mass is 491 g/mol. The summed E-state index contributed by atoms with van der Waals surface area (Å²) in [7, 11) is 0. The van der Waals surface area contributed by atoms with Gasteiger partial charge in [-0.05, 0) is 62.2 Å². The van der Waals surface area contributed by atoms with Gasteiger partial charge in [0, 0.05) is 23.4 Å². The molecule has 0 aliphatic carbocycles. The van der Waals surface area contributed by atoms with Gasteiger partial charge in [0.05, 0.1) is 22.9 Å². The van der Waals surface area contributed by atoms with Gasteiger partial charge in [-0.15, -0.1) is 0 Å². The summed E-state index contributed by atoms with van der Waals surface area (Å²) in [5.74, 6) is 0.804. The average molecular weight is 492 g/mol. The zero-order chi connectivity index (χ0) is 24.1. The minimum Gasteiger partial charge on any atom is -0.494 e. The highest BCUT2D eigenvalue weighted by Crippen LogP contribution is 2.36. The van der Waals surface area contributed by atoms with E-state index in [1.165, 1.54) is 11.8 Å². The topological polar surface area (TPSA) is 47.4 Å². The predicted molar refractivity (Wildman–Crippen MR) is 144 cm³/mol. The van der Waals surface area contributed by atoms with Gasteiger partial charge >= 0.3 is 0 Å². The van der Waals surface area contributed by atoms with Gasteiger partial charge in [0.2, 0.25) is 0 Å². The molecule has 34 heavy (non-hydrogen) atoms. The number of rotatable bonds is 9. The Balaban J connectivity index is 1.71. The Morgan fingerprint density at radius 2 is 1.85 bits per heavy atom. The van der Waals surface area contributed by atoms with E-state index in [1.54, 1.807) is 4.90 Å². The van der Waals surface area contributed by atoms with Crippen molar-refractivity contribution in [2.24, 2.45) is 0 Å². The largest absolute Gasteiger partial charge is 0.494 e. The van der Waals surface area contributed by atoms with Crippen LogP contribution in [0.5, 0.6) is 5.75 Å². The number of hydrogen-bond donors (Lipinski definition) is 0. The molecule has 176 valence electrons. The average Bonchev–Trinajstić information content (AvgIpc) is 3.40. The maximum atomic E-state index is 13.1. The van der Waals surface area contributed by atoms with Crippen LogP contribution in [0, 0.1) is 0 Å². The molecule has 0 radical (unpaired) electrons. The first-order valence-electron chi connectivity index (χ1n) is 11.7. The van der Waals surface area contributed by atoms with Gasteiger partial charge in [-0.25, -0.2) is 4.68 Å². The summed E-state index contributed by atoms with van der Waals surface area (Å²) >= 11 is 6.87. The lowest BCUT2D eigenvalue weighted by molar-refractivity contribution is -0.123. The van der Waals surface area contributed by atoms with Crippen molar-refractivity contribution in [1.82, 2.24) is 14.7 Å². The molecule has 1 aliphatic heterocycles. The molecule has 0 bridgehead atoms. The van der Waals surface area contributed by atoms with Gasteiger partial charge in [-0.3, -0.25) is 9.69 Å². The number of carbonyl (C=O) groups is 1. The number of ether oxygens (including phenoxy) is 1. The molecule has 1 aliphatic rings. The van der Waals surface area contributed by atoms with Crippen LogP contribution in [0.1, 0.15) is 45.6 Å². The molecule has 3 aromatic rings. The highest BCUT2D eigenvalue weighted by atomic mass is 32.2. The van der Waals surface area contributed by atoms with Gasteiger partial charge in [0.25, 0.3) is 5.91 Å². The standard InChI is InChI=1S/C27H29N3O2S2/c1-4-6-16-32-23-14-12-20(13-15-23)25-21(18-29(28-25)22-10-8-7-9-11-22)17-24-26(31)30(19(3)5-2)27(33)34-24/h7-15,17-19H,4-6,16H2,1-3H3. The molecule has 7 heteroatoms. The quantitative estimate of drug-likeness (QED) is 0.189. The number of nitrogens with zero attached hydrogens (tertiary/aromatic N) is 3. The van der Waals surface area contributed by atoms with Crippen LogP contribution in [0.4, 0.5) is 0 Å². The number of unbranched alkanes of at least 4 members (excludes halogenated alkanes) is 1. The van der Waals surface area contributed by atoms with Crippen molar-refractivity contribution in [3.05, 3.63) is 71.3 Å². The second kappa shape index (κ2) is 11.0. The van der Waals surface area contributed by atoms with E-state index in [9.17, 15) is 4.79 Å². The molecule has 1 fully saturated rings.